The maximum atomic E-state index is 13.1. The number of nitrogens with two attached hydrogens (primary N) is 2. The highest BCUT2D eigenvalue weighted by atomic mass is 16.4. The van der Waals surface area contributed by atoms with Crippen LogP contribution in [0.5, 0.6) is 0 Å². The summed E-state index contributed by atoms with van der Waals surface area (Å²) in [4.78, 5) is 69.4. The van der Waals surface area contributed by atoms with Gasteiger partial charge in [-0.05, 0) is 25.2 Å². The molecule has 13 nitrogen and oxygen atoms in total. The minimum absolute atomic E-state index is 0.0425. The molecule has 0 aromatic carbocycles. The number of aromatic amines is 1. The van der Waals surface area contributed by atoms with Crippen molar-refractivity contribution >= 4 is 29.6 Å². The summed E-state index contributed by atoms with van der Waals surface area (Å²) in [5.41, 5.74) is 11.6. The molecule has 4 atom stereocenters. The first-order chi connectivity index (χ1) is 16.0. The van der Waals surface area contributed by atoms with Crippen molar-refractivity contribution in [3.63, 3.8) is 0 Å². The molecule has 0 spiro atoms. The molecule has 4 amide bonds. The van der Waals surface area contributed by atoms with Crippen LogP contribution in [0.15, 0.2) is 12.5 Å². The molecule has 13 heteroatoms. The van der Waals surface area contributed by atoms with E-state index in [1.165, 1.54) is 17.4 Å². The van der Waals surface area contributed by atoms with Crippen LogP contribution in [0.2, 0.25) is 0 Å². The molecule has 8 N–H and O–H groups in total. The van der Waals surface area contributed by atoms with Crippen molar-refractivity contribution in [3.05, 3.63) is 18.2 Å². The summed E-state index contributed by atoms with van der Waals surface area (Å²) >= 11 is 0. The fourth-order valence-electron chi connectivity index (χ4n) is 3.80. The van der Waals surface area contributed by atoms with Crippen LogP contribution in [0.3, 0.4) is 0 Å². The molecule has 0 aliphatic carbocycles. The summed E-state index contributed by atoms with van der Waals surface area (Å²) in [7, 11) is 0. The third kappa shape index (κ3) is 7.27. The fourth-order valence-corrected chi connectivity index (χ4v) is 3.80. The number of carbonyl (C=O) groups is 5. The lowest BCUT2D eigenvalue weighted by atomic mass is 10.0. The second kappa shape index (κ2) is 12.1. The van der Waals surface area contributed by atoms with E-state index in [9.17, 15) is 29.1 Å². The smallest absolute Gasteiger partial charge is 0.326 e. The van der Waals surface area contributed by atoms with Crippen molar-refractivity contribution in [1.82, 2.24) is 25.5 Å². The first-order valence-corrected chi connectivity index (χ1v) is 11.2. The van der Waals surface area contributed by atoms with Crippen molar-refractivity contribution in [2.24, 2.45) is 17.4 Å². The molecule has 34 heavy (non-hydrogen) atoms. The zero-order chi connectivity index (χ0) is 25.4. The minimum Gasteiger partial charge on any atom is -0.480 e. The molecule has 0 bridgehead atoms. The van der Waals surface area contributed by atoms with Gasteiger partial charge in [-0.25, -0.2) is 9.78 Å². The molecular weight excluding hydrogens is 446 g/mol. The predicted molar refractivity (Wildman–Crippen MR) is 120 cm³/mol. The number of rotatable bonds is 12. The van der Waals surface area contributed by atoms with Crippen molar-refractivity contribution < 1.29 is 29.1 Å². The van der Waals surface area contributed by atoms with Crippen LogP contribution >= 0.6 is 0 Å². The Morgan fingerprint density at radius 2 is 1.97 bits per heavy atom. The van der Waals surface area contributed by atoms with Gasteiger partial charge in [-0.2, -0.15) is 0 Å². The molecule has 188 valence electrons. The molecule has 1 saturated heterocycles. The van der Waals surface area contributed by atoms with Crippen molar-refractivity contribution in [2.45, 2.75) is 70.1 Å². The molecule has 4 unspecified atom stereocenters. The molecule has 2 rings (SSSR count). The summed E-state index contributed by atoms with van der Waals surface area (Å²) in [5, 5.41) is 14.5. The van der Waals surface area contributed by atoms with Gasteiger partial charge in [0, 0.05) is 31.3 Å². The second-order valence-corrected chi connectivity index (χ2v) is 8.71. The Bertz CT molecular complexity index is 888. The average Bonchev–Trinajstić information content (AvgIpc) is 3.46. The number of primary amides is 1. The topological polar surface area (TPSA) is 214 Å². The normalized spacial score (nSPS) is 18.2. The molecule has 0 radical (unpaired) electrons. The fraction of sp³-hybridized carbons (Fsp3) is 0.619. The Morgan fingerprint density at radius 3 is 2.53 bits per heavy atom. The lowest BCUT2D eigenvalue weighted by molar-refractivity contribution is -0.144. The van der Waals surface area contributed by atoms with E-state index < -0.39 is 53.8 Å². The number of carboxylic acid groups (broad SMARTS) is 1. The van der Waals surface area contributed by atoms with Crippen LogP contribution < -0.4 is 22.1 Å². The third-order valence-electron chi connectivity index (χ3n) is 5.70. The monoisotopic (exact) mass is 479 g/mol. The number of carboxylic acids is 1. The Labute approximate surface area is 197 Å². The van der Waals surface area contributed by atoms with Gasteiger partial charge in [-0.15, -0.1) is 0 Å². The van der Waals surface area contributed by atoms with Gasteiger partial charge in [0.25, 0.3) is 0 Å². The van der Waals surface area contributed by atoms with Gasteiger partial charge < -0.3 is 37.1 Å². The number of aliphatic carboxylic acids is 1. The molecule has 2 heterocycles. The number of hydrogen-bond donors (Lipinski definition) is 6. The highest BCUT2D eigenvalue weighted by molar-refractivity contribution is 5.94. The molecule has 1 aliphatic rings. The van der Waals surface area contributed by atoms with Crippen LogP contribution in [-0.4, -0.2) is 80.3 Å². The summed E-state index contributed by atoms with van der Waals surface area (Å²) in [5.74, 6) is -3.84. The first-order valence-electron chi connectivity index (χ1n) is 11.2. The number of H-pyrrole nitrogens is 1. The van der Waals surface area contributed by atoms with Crippen LogP contribution in [0.25, 0.3) is 0 Å². The maximum absolute atomic E-state index is 13.1. The van der Waals surface area contributed by atoms with Gasteiger partial charge in [0.1, 0.15) is 18.1 Å². The van der Waals surface area contributed by atoms with E-state index in [2.05, 4.69) is 20.6 Å². The summed E-state index contributed by atoms with van der Waals surface area (Å²) in [6.07, 6.45) is 3.92. The number of nitrogens with one attached hydrogen (secondary N) is 3. The largest absolute Gasteiger partial charge is 0.480 e. The number of nitrogens with zero attached hydrogens (tertiary/aromatic N) is 2. The van der Waals surface area contributed by atoms with Crippen LogP contribution in [0.4, 0.5) is 0 Å². The van der Waals surface area contributed by atoms with Crippen LogP contribution in [0.1, 0.15) is 45.2 Å². The lowest BCUT2D eigenvalue weighted by Gasteiger charge is -2.29. The highest BCUT2D eigenvalue weighted by Gasteiger charge is 2.38. The van der Waals surface area contributed by atoms with E-state index in [0.29, 0.717) is 25.1 Å². The summed E-state index contributed by atoms with van der Waals surface area (Å²) < 4.78 is 0. The van der Waals surface area contributed by atoms with Gasteiger partial charge >= 0.3 is 5.97 Å². The quantitative estimate of drug-likeness (QED) is 0.202. The minimum atomic E-state index is -1.19. The molecule has 1 aromatic heterocycles. The van der Waals surface area contributed by atoms with Gasteiger partial charge in [0.15, 0.2) is 0 Å². The van der Waals surface area contributed by atoms with Crippen molar-refractivity contribution in [3.8, 4) is 0 Å². The molecule has 1 fully saturated rings. The van der Waals surface area contributed by atoms with Gasteiger partial charge in [0.05, 0.1) is 12.4 Å². The number of aromatic nitrogens is 2. The van der Waals surface area contributed by atoms with E-state index in [0.717, 1.165) is 0 Å². The molecular formula is C21H33N7O6. The van der Waals surface area contributed by atoms with E-state index in [-0.39, 0.29) is 25.2 Å². The Hall–Kier alpha value is -3.48. The van der Waals surface area contributed by atoms with E-state index in [1.54, 1.807) is 13.8 Å². The van der Waals surface area contributed by atoms with E-state index in [4.69, 9.17) is 11.5 Å². The zero-order valence-electron chi connectivity index (χ0n) is 19.3. The highest BCUT2D eigenvalue weighted by Crippen LogP contribution is 2.19. The Balaban J connectivity index is 2.13. The van der Waals surface area contributed by atoms with Gasteiger partial charge in [-0.3, -0.25) is 19.2 Å². The number of carbonyl (C=O) groups excluding carboxylic acids is 4. The number of amides is 4. The Morgan fingerprint density at radius 1 is 1.26 bits per heavy atom. The van der Waals surface area contributed by atoms with Crippen molar-refractivity contribution in [2.75, 3.05) is 6.54 Å². The molecule has 0 saturated carbocycles. The summed E-state index contributed by atoms with van der Waals surface area (Å²) in [6, 6.07) is -4.06. The van der Waals surface area contributed by atoms with Crippen molar-refractivity contribution in [1.29, 1.82) is 0 Å². The number of imidazole rings is 1. The SMILES string of the molecule is CC(C)C(NC(=O)C(Cc1cnc[nH]1)NC(=O)C1CCCN1C(=O)C(N)CCC(N)=O)C(=O)O. The first kappa shape index (κ1) is 26.8. The maximum Gasteiger partial charge on any atom is 0.326 e. The lowest BCUT2D eigenvalue weighted by Crippen LogP contribution is -2.57. The van der Waals surface area contributed by atoms with Crippen LogP contribution in [-0.2, 0) is 30.4 Å². The predicted octanol–water partition coefficient (Wildman–Crippen LogP) is -1.75. The van der Waals surface area contributed by atoms with Crippen LogP contribution in [0, 0.1) is 5.92 Å². The third-order valence-corrected chi connectivity index (χ3v) is 5.70. The number of likely N-dealkylation sites (tertiary alicyclic amines) is 1. The van der Waals surface area contributed by atoms with E-state index in [1.807, 2.05) is 0 Å². The Kier molecular flexibility index (Phi) is 9.54. The molecule has 1 aromatic rings. The van der Waals surface area contributed by atoms with E-state index >= 15 is 0 Å². The standard InChI is InChI=1S/C21H33N7O6/c1-11(2)17(21(33)34)27-18(30)14(8-12-9-24-10-25-12)26-19(31)15-4-3-7-28(15)20(32)13(22)5-6-16(23)29/h9-11,13-15,17H,3-8,22H2,1-2H3,(H2,23,29)(H,24,25)(H,26,31)(H,27,30)(H,33,34). The molecule has 1 aliphatic heterocycles. The van der Waals surface area contributed by atoms with Gasteiger partial charge in [-0.1, -0.05) is 13.8 Å². The van der Waals surface area contributed by atoms with Gasteiger partial charge in [0.2, 0.25) is 23.6 Å². The average molecular weight is 480 g/mol. The summed E-state index contributed by atoms with van der Waals surface area (Å²) in [6.45, 7) is 3.63. The second-order valence-electron chi connectivity index (χ2n) is 8.71. The zero-order valence-corrected chi connectivity index (χ0v) is 19.3. The number of hydrogen-bond acceptors (Lipinski definition) is 7.